The molecule has 242 valence electrons. The molecular weight excluding hydrogens is 588 g/mol. The summed E-state index contributed by atoms with van der Waals surface area (Å²) < 4.78 is 18.0. The van der Waals surface area contributed by atoms with Gasteiger partial charge in [0.25, 0.3) is 5.91 Å². The number of imidazole rings is 1. The average molecular weight is 629 g/mol. The van der Waals surface area contributed by atoms with Crippen LogP contribution in [-0.2, 0) is 27.9 Å². The lowest BCUT2D eigenvalue weighted by atomic mass is 10.1. The molecule has 0 spiro atoms. The van der Waals surface area contributed by atoms with Crippen LogP contribution in [0, 0.1) is 0 Å². The number of fused-ring (bicyclic) bond motifs is 1. The third-order valence-electron chi connectivity index (χ3n) is 7.19. The number of nitrogens with zero attached hydrogens (tertiary/aromatic N) is 5. The number of benzene rings is 2. The zero-order valence-electron chi connectivity index (χ0n) is 26.5. The quantitative estimate of drug-likeness (QED) is 0.0771. The Morgan fingerprint density at radius 1 is 0.957 bits per heavy atom. The second-order valence-electron chi connectivity index (χ2n) is 10.5. The molecule has 2 amide bonds. The molecule has 0 atom stereocenters. The number of hydrogen-bond acceptors (Lipinski definition) is 8. The van der Waals surface area contributed by atoms with E-state index in [1.807, 2.05) is 17.7 Å². The van der Waals surface area contributed by atoms with Gasteiger partial charge in [-0.05, 0) is 67.9 Å². The van der Waals surface area contributed by atoms with Crippen LogP contribution in [0.4, 0.5) is 10.6 Å². The highest BCUT2D eigenvalue weighted by Gasteiger charge is 2.21. The molecule has 0 aliphatic heterocycles. The van der Waals surface area contributed by atoms with E-state index < -0.39 is 6.09 Å². The van der Waals surface area contributed by atoms with Crippen LogP contribution in [0.2, 0.25) is 0 Å². The molecule has 2 N–H and O–H groups in total. The first-order valence-corrected chi connectivity index (χ1v) is 15.4. The summed E-state index contributed by atoms with van der Waals surface area (Å²) in [4.78, 5) is 51.9. The summed E-state index contributed by atoms with van der Waals surface area (Å²) in [6.45, 7) is 4.73. The summed E-state index contributed by atoms with van der Waals surface area (Å²) in [5.41, 5.74) is 8.41. The van der Waals surface area contributed by atoms with Gasteiger partial charge >= 0.3 is 12.1 Å². The van der Waals surface area contributed by atoms with Crippen molar-refractivity contribution >= 4 is 40.7 Å². The van der Waals surface area contributed by atoms with Gasteiger partial charge in [-0.3, -0.25) is 14.5 Å². The van der Waals surface area contributed by atoms with E-state index in [0.29, 0.717) is 40.6 Å². The van der Waals surface area contributed by atoms with Crippen molar-refractivity contribution in [2.24, 2.45) is 17.8 Å². The van der Waals surface area contributed by atoms with Crippen molar-refractivity contribution in [3.05, 3.63) is 83.8 Å². The van der Waals surface area contributed by atoms with Crippen LogP contribution in [0.1, 0.15) is 67.7 Å². The lowest BCUT2D eigenvalue weighted by Gasteiger charge is -2.21. The van der Waals surface area contributed by atoms with Gasteiger partial charge in [0.05, 0.1) is 30.7 Å². The van der Waals surface area contributed by atoms with Crippen LogP contribution < -0.4 is 15.4 Å². The topological polar surface area (TPSA) is 151 Å². The molecule has 4 rings (SSSR count). The molecule has 0 unspecified atom stereocenters. The van der Waals surface area contributed by atoms with E-state index in [1.54, 1.807) is 67.7 Å². The monoisotopic (exact) mass is 628 g/mol. The van der Waals surface area contributed by atoms with Crippen molar-refractivity contribution in [1.82, 2.24) is 14.5 Å². The number of unbranched alkanes of at least 4 members (excludes halogenated alkanes) is 3. The van der Waals surface area contributed by atoms with E-state index >= 15 is 0 Å². The van der Waals surface area contributed by atoms with Crippen molar-refractivity contribution < 1.29 is 28.6 Å². The van der Waals surface area contributed by atoms with Gasteiger partial charge in [-0.15, -0.1) is 0 Å². The maximum Gasteiger partial charge on any atom is 0.435 e. The predicted octanol–water partition coefficient (Wildman–Crippen LogP) is 5.57. The van der Waals surface area contributed by atoms with Gasteiger partial charge in [0.2, 0.25) is 0 Å². The first-order chi connectivity index (χ1) is 22.3. The zero-order valence-corrected chi connectivity index (χ0v) is 26.5. The summed E-state index contributed by atoms with van der Waals surface area (Å²) in [6, 6.07) is 17.4. The standard InChI is InChI=1S/C34H40N6O6/c1-4-6-7-10-21-45-34(43)38-32(35)24-12-15-26(16-13-24)46-23-30-37-27-22-25(14-17-28(27)39(30)3)33(42)40(20-18-31(41)44-5-2)29-11-8-9-19-36-29/h8-9,11-17,19,22H,4-7,10,18,20-21,23H2,1-3H3,(H2,35,38,43). The van der Waals surface area contributed by atoms with Crippen LogP contribution >= 0.6 is 0 Å². The Balaban J connectivity index is 1.41. The van der Waals surface area contributed by atoms with Crippen LogP contribution in [0.3, 0.4) is 0 Å². The number of amidine groups is 1. The maximum absolute atomic E-state index is 13.6. The number of esters is 1. The number of anilines is 1. The Labute approximate surface area is 268 Å². The number of carbonyl (C=O) groups is 3. The van der Waals surface area contributed by atoms with Crippen molar-refractivity contribution in [3.8, 4) is 5.75 Å². The molecular formula is C34H40N6O6. The molecule has 0 saturated carbocycles. The highest BCUT2D eigenvalue weighted by Crippen LogP contribution is 2.22. The minimum absolute atomic E-state index is 0.0373. The Morgan fingerprint density at radius 2 is 1.74 bits per heavy atom. The van der Waals surface area contributed by atoms with Crippen molar-refractivity contribution in [2.75, 3.05) is 24.7 Å². The first-order valence-electron chi connectivity index (χ1n) is 15.4. The molecule has 0 saturated heterocycles. The molecule has 0 aliphatic rings. The number of rotatable bonds is 15. The second-order valence-corrected chi connectivity index (χ2v) is 10.5. The van der Waals surface area contributed by atoms with Crippen molar-refractivity contribution in [1.29, 1.82) is 0 Å². The van der Waals surface area contributed by atoms with Gasteiger partial charge in [0, 0.05) is 30.9 Å². The Morgan fingerprint density at radius 3 is 2.46 bits per heavy atom. The minimum Gasteiger partial charge on any atom is -0.486 e. The van der Waals surface area contributed by atoms with Gasteiger partial charge in [-0.25, -0.2) is 14.8 Å². The highest BCUT2D eigenvalue weighted by atomic mass is 16.5. The molecule has 0 bridgehead atoms. The largest absolute Gasteiger partial charge is 0.486 e. The van der Waals surface area contributed by atoms with Crippen LogP contribution in [0.15, 0.2) is 71.9 Å². The highest BCUT2D eigenvalue weighted by molar-refractivity contribution is 6.07. The molecule has 2 heterocycles. The Kier molecular flexibility index (Phi) is 12.2. The number of aromatic nitrogens is 3. The molecule has 0 radical (unpaired) electrons. The number of nitrogens with two attached hydrogens (primary N) is 1. The van der Waals surface area contributed by atoms with Gasteiger partial charge in [-0.2, -0.15) is 4.99 Å². The number of ether oxygens (including phenoxy) is 3. The molecule has 12 heteroatoms. The number of aliphatic imine (C=N–C) groups is 1. The number of aryl methyl sites for hydroxylation is 1. The van der Waals surface area contributed by atoms with Gasteiger partial charge in [0.15, 0.2) is 0 Å². The summed E-state index contributed by atoms with van der Waals surface area (Å²) in [5, 5.41) is 0. The number of hydrogen-bond donors (Lipinski definition) is 1. The lowest BCUT2D eigenvalue weighted by Crippen LogP contribution is -2.34. The fourth-order valence-electron chi connectivity index (χ4n) is 4.69. The fraction of sp³-hybridized carbons (Fsp3) is 0.353. The van der Waals surface area contributed by atoms with E-state index in [-0.39, 0.29) is 43.9 Å². The fourth-order valence-corrected chi connectivity index (χ4v) is 4.69. The Hall–Kier alpha value is -5.26. The van der Waals surface area contributed by atoms with E-state index in [1.165, 1.54) is 4.90 Å². The lowest BCUT2D eigenvalue weighted by molar-refractivity contribution is -0.142. The van der Waals surface area contributed by atoms with Crippen LogP contribution in [0.5, 0.6) is 5.75 Å². The van der Waals surface area contributed by atoms with Crippen molar-refractivity contribution in [3.63, 3.8) is 0 Å². The van der Waals surface area contributed by atoms with Gasteiger partial charge in [0.1, 0.15) is 29.8 Å². The number of carbonyl (C=O) groups excluding carboxylic acids is 3. The summed E-state index contributed by atoms with van der Waals surface area (Å²) in [7, 11) is 1.87. The van der Waals surface area contributed by atoms with E-state index in [2.05, 4.69) is 16.9 Å². The van der Waals surface area contributed by atoms with Crippen LogP contribution in [0.25, 0.3) is 11.0 Å². The SMILES string of the molecule is CCCCCCOC(=O)/N=C(/N)c1ccc(OCc2nc3cc(C(=O)N(CCC(=O)OCC)c4ccccn4)ccc3n2C)cc1. The minimum atomic E-state index is -0.706. The third kappa shape index (κ3) is 9.13. The molecule has 2 aromatic heterocycles. The average Bonchev–Trinajstić information content (AvgIpc) is 3.38. The van der Waals surface area contributed by atoms with Crippen molar-refractivity contribution in [2.45, 2.75) is 52.6 Å². The van der Waals surface area contributed by atoms with Gasteiger partial charge < -0.3 is 24.5 Å². The van der Waals surface area contributed by atoms with E-state index in [9.17, 15) is 14.4 Å². The molecule has 4 aromatic rings. The van der Waals surface area contributed by atoms with Crippen LogP contribution in [-0.4, -0.2) is 58.1 Å². The normalized spacial score (nSPS) is 11.3. The molecule has 2 aromatic carbocycles. The molecule has 0 fully saturated rings. The van der Waals surface area contributed by atoms with E-state index in [0.717, 1.165) is 31.2 Å². The third-order valence-corrected chi connectivity index (χ3v) is 7.19. The smallest absolute Gasteiger partial charge is 0.435 e. The summed E-state index contributed by atoms with van der Waals surface area (Å²) in [6.07, 6.45) is 4.94. The molecule has 12 nitrogen and oxygen atoms in total. The van der Waals surface area contributed by atoms with E-state index in [4.69, 9.17) is 24.9 Å². The molecule has 46 heavy (non-hydrogen) atoms. The van der Waals surface area contributed by atoms with Gasteiger partial charge in [-0.1, -0.05) is 32.3 Å². The molecule has 0 aliphatic carbocycles. The summed E-state index contributed by atoms with van der Waals surface area (Å²) >= 11 is 0. The summed E-state index contributed by atoms with van der Waals surface area (Å²) in [5.74, 6) is 1.02. The maximum atomic E-state index is 13.6. The number of pyridine rings is 1. The second kappa shape index (κ2) is 16.7. The first kappa shape index (κ1) is 33.6. The zero-order chi connectivity index (χ0) is 32.9. The Bertz CT molecular complexity index is 1650. The number of amides is 2. The predicted molar refractivity (Wildman–Crippen MR) is 175 cm³/mol.